The zero-order chi connectivity index (χ0) is 21.2. The summed E-state index contributed by atoms with van der Waals surface area (Å²) in [6.45, 7) is 0.671. The second-order valence-corrected chi connectivity index (χ2v) is 8.32. The van der Waals surface area contributed by atoms with E-state index in [1.54, 1.807) is 0 Å². The predicted molar refractivity (Wildman–Crippen MR) is 126 cm³/mol. The van der Waals surface area contributed by atoms with Crippen molar-refractivity contribution in [3.05, 3.63) is 94.1 Å². The van der Waals surface area contributed by atoms with Gasteiger partial charge in [-0.3, -0.25) is 5.10 Å². The van der Waals surface area contributed by atoms with Crippen LogP contribution in [0.25, 0.3) is 28.1 Å². The second kappa shape index (κ2) is 8.40. The molecule has 0 fully saturated rings. The Morgan fingerprint density at radius 2 is 1.77 bits per heavy atom. The highest BCUT2D eigenvalue weighted by molar-refractivity contribution is 9.10. The summed E-state index contributed by atoms with van der Waals surface area (Å²) >= 11 is 3.45. The Balaban J connectivity index is 1.19. The first kappa shape index (κ1) is 19.6. The molecule has 0 saturated carbocycles. The standard InChI is InChI=1S/C25H20BrN3O2/c26-16-11-12-21-23(28-29-24(21)14-16)10-5-13-27-25(30)31-15-22-19-8-3-1-6-17(19)18-7-2-4-9-20(18)22/h1-12,14,22H,13,15H2,(H,27,30)(H,28,29). The van der Waals surface area contributed by atoms with Crippen LogP contribution in [-0.2, 0) is 4.74 Å². The lowest BCUT2D eigenvalue weighted by Gasteiger charge is -2.14. The lowest BCUT2D eigenvalue weighted by molar-refractivity contribution is 0.144. The monoisotopic (exact) mass is 473 g/mol. The molecule has 1 aliphatic rings. The molecule has 0 unspecified atom stereocenters. The molecule has 6 heteroatoms. The summed E-state index contributed by atoms with van der Waals surface area (Å²) in [5.74, 6) is 0.0587. The van der Waals surface area contributed by atoms with Crippen LogP contribution in [0.5, 0.6) is 0 Å². The van der Waals surface area contributed by atoms with Crippen LogP contribution in [-0.4, -0.2) is 29.4 Å². The molecule has 0 atom stereocenters. The zero-order valence-electron chi connectivity index (χ0n) is 16.6. The van der Waals surface area contributed by atoms with Crippen molar-refractivity contribution in [2.45, 2.75) is 5.92 Å². The van der Waals surface area contributed by atoms with Gasteiger partial charge in [0.15, 0.2) is 0 Å². The van der Waals surface area contributed by atoms with Crippen molar-refractivity contribution in [2.24, 2.45) is 0 Å². The van der Waals surface area contributed by atoms with E-state index in [1.807, 2.05) is 54.6 Å². The number of carbonyl (C=O) groups excluding carboxylic acids is 1. The zero-order valence-corrected chi connectivity index (χ0v) is 18.2. The number of nitrogens with zero attached hydrogens (tertiary/aromatic N) is 1. The summed E-state index contributed by atoms with van der Waals surface area (Å²) in [4.78, 5) is 12.2. The number of alkyl carbamates (subject to hydrolysis) is 1. The van der Waals surface area contributed by atoms with Crippen LogP contribution in [0.2, 0.25) is 0 Å². The number of ether oxygens (including phenoxy) is 1. The van der Waals surface area contributed by atoms with Gasteiger partial charge in [0.2, 0.25) is 0 Å². The molecule has 5 rings (SSSR count). The SMILES string of the molecule is O=C(NCC=Cc1n[nH]c2cc(Br)ccc12)OCC1c2ccccc2-c2ccccc21. The lowest BCUT2D eigenvalue weighted by Crippen LogP contribution is -2.26. The van der Waals surface area contributed by atoms with Gasteiger partial charge in [-0.15, -0.1) is 0 Å². The number of amides is 1. The van der Waals surface area contributed by atoms with E-state index in [-0.39, 0.29) is 5.92 Å². The average molecular weight is 474 g/mol. The number of rotatable bonds is 5. The fourth-order valence-electron chi connectivity index (χ4n) is 4.10. The van der Waals surface area contributed by atoms with Crippen molar-refractivity contribution in [3.63, 3.8) is 0 Å². The van der Waals surface area contributed by atoms with Crippen LogP contribution < -0.4 is 5.32 Å². The topological polar surface area (TPSA) is 67.0 Å². The van der Waals surface area contributed by atoms with Crippen molar-refractivity contribution < 1.29 is 9.53 Å². The van der Waals surface area contributed by atoms with Gasteiger partial charge in [0.1, 0.15) is 6.61 Å². The fraction of sp³-hybridized carbons (Fsp3) is 0.120. The average Bonchev–Trinajstić information content (AvgIpc) is 3.34. The summed E-state index contributed by atoms with van der Waals surface area (Å²) in [6, 6.07) is 22.6. The first-order valence-electron chi connectivity index (χ1n) is 10.1. The third-order valence-corrected chi connectivity index (χ3v) is 6.03. The summed E-state index contributed by atoms with van der Waals surface area (Å²) in [6.07, 6.45) is 3.32. The molecule has 31 heavy (non-hydrogen) atoms. The summed E-state index contributed by atoms with van der Waals surface area (Å²) in [5, 5.41) is 11.1. The minimum Gasteiger partial charge on any atom is -0.449 e. The number of H-pyrrole nitrogens is 1. The summed E-state index contributed by atoms with van der Waals surface area (Å²) in [5.41, 5.74) is 6.62. The van der Waals surface area contributed by atoms with Gasteiger partial charge >= 0.3 is 6.09 Å². The maximum atomic E-state index is 12.2. The molecule has 0 bridgehead atoms. The molecule has 3 aromatic carbocycles. The first-order valence-corrected chi connectivity index (χ1v) is 10.9. The minimum atomic E-state index is -0.428. The fourth-order valence-corrected chi connectivity index (χ4v) is 4.46. The normalized spacial score (nSPS) is 12.8. The Bertz CT molecular complexity index is 1250. The number of fused-ring (bicyclic) bond motifs is 4. The third kappa shape index (κ3) is 3.86. The van der Waals surface area contributed by atoms with Gasteiger partial charge in [-0.05, 0) is 46.5 Å². The molecule has 0 radical (unpaired) electrons. The second-order valence-electron chi connectivity index (χ2n) is 7.41. The Hall–Kier alpha value is -3.38. The highest BCUT2D eigenvalue weighted by atomic mass is 79.9. The summed E-state index contributed by atoms with van der Waals surface area (Å²) < 4.78 is 6.55. The summed E-state index contributed by atoms with van der Waals surface area (Å²) in [7, 11) is 0. The number of benzene rings is 3. The van der Waals surface area contributed by atoms with Gasteiger partial charge in [0, 0.05) is 22.3 Å². The van der Waals surface area contributed by atoms with Crippen molar-refractivity contribution in [1.82, 2.24) is 15.5 Å². The molecule has 0 spiro atoms. The molecule has 0 aliphatic heterocycles. The molecule has 2 N–H and O–H groups in total. The number of hydrogen-bond donors (Lipinski definition) is 2. The van der Waals surface area contributed by atoms with Crippen LogP contribution in [0.1, 0.15) is 22.7 Å². The van der Waals surface area contributed by atoms with Crippen molar-refractivity contribution >= 4 is 39.0 Å². The Labute approximate surface area is 188 Å². The number of aromatic nitrogens is 2. The van der Waals surface area contributed by atoms with Gasteiger partial charge in [-0.25, -0.2) is 4.79 Å². The van der Waals surface area contributed by atoms with E-state index >= 15 is 0 Å². The van der Waals surface area contributed by atoms with E-state index in [1.165, 1.54) is 22.3 Å². The predicted octanol–water partition coefficient (Wildman–Crippen LogP) is 5.88. The molecule has 0 saturated heterocycles. The van der Waals surface area contributed by atoms with Crippen molar-refractivity contribution in [1.29, 1.82) is 0 Å². The number of halogens is 1. The Kier molecular flexibility index (Phi) is 5.30. The van der Waals surface area contributed by atoms with Crippen LogP contribution in [0.15, 0.2) is 77.3 Å². The largest absolute Gasteiger partial charge is 0.449 e. The van der Waals surface area contributed by atoms with E-state index in [2.05, 4.69) is 55.7 Å². The number of aromatic amines is 1. The highest BCUT2D eigenvalue weighted by Gasteiger charge is 2.28. The molecule has 1 heterocycles. The number of nitrogens with one attached hydrogen (secondary N) is 2. The van der Waals surface area contributed by atoms with E-state index in [0.717, 1.165) is 21.1 Å². The Morgan fingerprint density at radius 3 is 2.52 bits per heavy atom. The quantitative estimate of drug-likeness (QED) is 0.380. The molecule has 1 amide bonds. The molecule has 4 aromatic rings. The molecular formula is C25H20BrN3O2. The van der Waals surface area contributed by atoms with Crippen LogP contribution in [0.4, 0.5) is 4.79 Å². The molecule has 1 aromatic heterocycles. The van der Waals surface area contributed by atoms with Gasteiger partial charge in [-0.2, -0.15) is 5.10 Å². The highest BCUT2D eigenvalue weighted by Crippen LogP contribution is 2.44. The van der Waals surface area contributed by atoms with Crippen molar-refractivity contribution in [2.75, 3.05) is 13.2 Å². The van der Waals surface area contributed by atoms with E-state index in [4.69, 9.17) is 4.74 Å². The minimum absolute atomic E-state index is 0.0587. The van der Waals surface area contributed by atoms with Gasteiger partial charge < -0.3 is 10.1 Å². The van der Waals surface area contributed by atoms with Gasteiger partial charge in [0.05, 0.1) is 11.2 Å². The van der Waals surface area contributed by atoms with E-state index in [0.29, 0.717) is 13.2 Å². The third-order valence-electron chi connectivity index (χ3n) is 5.54. The first-order chi connectivity index (χ1) is 15.2. The van der Waals surface area contributed by atoms with E-state index in [9.17, 15) is 4.79 Å². The Morgan fingerprint density at radius 1 is 1.06 bits per heavy atom. The van der Waals surface area contributed by atoms with Gasteiger partial charge in [0.25, 0.3) is 0 Å². The van der Waals surface area contributed by atoms with Crippen LogP contribution >= 0.6 is 15.9 Å². The van der Waals surface area contributed by atoms with Crippen LogP contribution in [0.3, 0.4) is 0 Å². The molecular weight excluding hydrogens is 454 g/mol. The van der Waals surface area contributed by atoms with E-state index < -0.39 is 6.09 Å². The lowest BCUT2D eigenvalue weighted by atomic mass is 9.98. The smallest absolute Gasteiger partial charge is 0.407 e. The van der Waals surface area contributed by atoms with Crippen LogP contribution in [0, 0.1) is 0 Å². The number of hydrogen-bond acceptors (Lipinski definition) is 3. The maximum absolute atomic E-state index is 12.2. The number of carbonyl (C=O) groups is 1. The van der Waals surface area contributed by atoms with Gasteiger partial charge in [-0.1, -0.05) is 70.5 Å². The van der Waals surface area contributed by atoms with Crippen molar-refractivity contribution in [3.8, 4) is 11.1 Å². The maximum Gasteiger partial charge on any atom is 0.407 e. The molecule has 5 nitrogen and oxygen atoms in total. The molecule has 1 aliphatic carbocycles. The molecule has 154 valence electrons.